The van der Waals surface area contributed by atoms with Crippen LogP contribution >= 0.6 is 0 Å². The second-order valence-electron chi connectivity index (χ2n) is 11.5. The van der Waals surface area contributed by atoms with Gasteiger partial charge in [-0.05, 0) is 74.2 Å². The van der Waals surface area contributed by atoms with Gasteiger partial charge in [0, 0.05) is 31.8 Å². The lowest BCUT2D eigenvalue weighted by Gasteiger charge is -2.59. The Bertz CT molecular complexity index is 964. The maximum atomic E-state index is 12.4. The lowest BCUT2D eigenvalue weighted by Crippen LogP contribution is -2.57. The van der Waals surface area contributed by atoms with Gasteiger partial charge in [0.1, 0.15) is 12.2 Å². The van der Waals surface area contributed by atoms with E-state index in [1.165, 1.54) is 19.4 Å². The summed E-state index contributed by atoms with van der Waals surface area (Å²) in [5, 5.41) is 0. The van der Waals surface area contributed by atoms with Crippen LogP contribution in [0, 0.1) is 28.6 Å². The smallest absolute Gasteiger partial charge is 0.331 e. The molecule has 3 saturated carbocycles. The number of ether oxygens (including phenoxy) is 3. The largest absolute Gasteiger partial charge is 0.462 e. The molecule has 1 aliphatic heterocycles. The van der Waals surface area contributed by atoms with E-state index in [2.05, 4.69) is 19.9 Å². The molecule has 0 aromatic carbocycles. The van der Waals surface area contributed by atoms with Crippen molar-refractivity contribution in [3.8, 4) is 0 Å². The van der Waals surface area contributed by atoms with Gasteiger partial charge in [-0.15, -0.1) is 0 Å². The number of esters is 3. The van der Waals surface area contributed by atoms with E-state index < -0.39 is 11.7 Å². The summed E-state index contributed by atoms with van der Waals surface area (Å²) in [6.07, 6.45) is 9.99. The van der Waals surface area contributed by atoms with Gasteiger partial charge in [-0.3, -0.25) is 9.59 Å². The van der Waals surface area contributed by atoms with E-state index in [9.17, 15) is 14.4 Å². The van der Waals surface area contributed by atoms with Crippen LogP contribution in [0.5, 0.6) is 0 Å². The maximum absolute atomic E-state index is 12.4. The Kier molecular flexibility index (Phi) is 5.11. The standard InChI is InChI=1S/C27H36O6/c1-15-12-24(30)33-27(15)23(32-17(3)29)14-22-20-7-6-18-13-19(31-16(2)28)8-10-25(18,4)21(20)9-11-26(22,27)5/h6,12,19-23H,7-11,13-14H2,1-5H3/t19-,20?,21?,22?,23+,25-,26-,27+/m0/s1. The number of hydrogen-bond donors (Lipinski definition) is 0. The molecule has 1 spiro atoms. The molecule has 3 unspecified atom stereocenters. The molecule has 0 amide bonds. The Morgan fingerprint density at radius 2 is 1.79 bits per heavy atom. The minimum absolute atomic E-state index is 0.0129. The van der Waals surface area contributed by atoms with Gasteiger partial charge in [0.25, 0.3) is 0 Å². The quantitative estimate of drug-likeness (QED) is 0.341. The minimum Gasteiger partial charge on any atom is -0.462 e. The van der Waals surface area contributed by atoms with E-state index in [-0.39, 0.29) is 34.8 Å². The average molecular weight is 457 g/mol. The van der Waals surface area contributed by atoms with Crippen LogP contribution in [0.4, 0.5) is 0 Å². The molecule has 6 heteroatoms. The summed E-state index contributed by atoms with van der Waals surface area (Å²) in [7, 11) is 0. The van der Waals surface area contributed by atoms with E-state index >= 15 is 0 Å². The average Bonchev–Trinajstić information content (AvgIpc) is 3.16. The molecule has 0 radical (unpaired) electrons. The third-order valence-corrected chi connectivity index (χ3v) is 10.0. The van der Waals surface area contributed by atoms with Crippen LogP contribution in [0.25, 0.3) is 0 Å². The van der Waals surface area contributed by atoms with Gasteiger partial charge < -0.3 is 14.2 Å². The molecule has 0 bridgehead atoms. The number of hydrogen-bond acceptors (Lipinski definition) is 6. The monoisotopic (exact) mass is 456 g/mol. The third kappa shape index (κ3) is 3.08. The summed E-state index contributed by atoms with van der Waals surface area (Å²) >= 11 is 0. The first kappa shape index (κ1) is 22.7. The fourth-order valence-corrected chi connectivity index (χ4v) is 8.71. The molecular formula is C27H36O6. The summed E-state index contributed by atoms with van der Waals surface area (Å²) < 4.78 is 17.5. The molecule has 180 valence electrons. The zero-order valence-corrected chi connectivity index (χ0v) is 20.4. The summed E-state index contributed by atoms with van der Waals surface area (Å²) in [6, 6.07) is 0. The highest BCUT2D eigenvalue weighted by Crippen LogP contribution is 2.70. The molecular weight excluding hydrogens is 420 g/mol. The molecule has 0 saturated heterocycles. The van der Waals surface area contributed by atoms with Gasteiger partial charge in [0.15, 0.2) is 5.60 Å². The van der Waals surface area contributed by atoms with Crippen LogP contribution in [0.2, 0.25) is 0 Å². The number of carbonyl (C=O) groups is 3. The molecule has 33 heavy (non-hydrogen) atoms. The summed E-state index contributed by atoms with van der Waals surface area (Å²) in [5.41, 5.74) is 1.31. The highest BCUT2D eigenvalue weighted by Gasteiger charge is 2.72. The van der Waals surface area contributed by atoms with Crippen molar-refractivity contribution in [2.75, 3.05) is 0 Å². The fraction of sp³-hybridized carbons (Fsp3) is 0.741. The Hall–Kier alpha value is -2.11. The van der Waals surface area contributed by atoms with Crippen molar-refractivity contribution in [3.05, 3.63) is 23.3 Å². The number of fused-ring (bicyclic) bond motifs is 6. The van der Waals surface area contributed by atoms with E-state index in [1.54, 1.807) is 6.08 Å². The van der Waals surface area contributed by atoms with Crippen LogP contribution < -0.4 is 0 Å². The van der Waals surface area contributed by atoms with Crippen LogP contribution in [0.1, 0.15) is 79.6 Å². The van der Waals surface area contributed by atoms with E-state index in [4.69, 9.17) is 14.2 Å². The van der Waals surface area contributed by atoms with Gasteiger partial charge in [-0.25, -0.2) is 4.79 Å². The van der Waals surface area contributed by atoms with Crippen molar-refractivity contribution in [2.45, 2.75) is 97.4 Å². The molecule has 5 aliphatic rings. The van der Waals surface area contributed by atoms with Crippen molar-refractivity contribution < 1.29 is 28.6 Å². The lowest BCUT2D eigenvalue weighted by atomic mass is 9.46. The molecule has 0 N–H and O–H groups in total. The predicted molar refractivity (Wildman–Crippen MR) is 121 cm³/mol. The van der Waals surface area contributed by atoms with Gasteiger partial charge in [0.2, 0.25) is 0 Å². The zero-order valence-electron chi connectivity index (χ0n) is 20.4. The van der Waals surface area contributed by atoms with Crippen LogP contribution in [-0.4, -0.2) is 35.7 Å². The Labute approximate surface area is 196 Å². The van der Waals surface area contributed by atoms with Crippen LogP contribution in [0.3, 0.4) is 0 Å². The third-order valence-electron chi connectivity index (χ3n) is 10.0. The first-order valence-corrected chi connectivity index (χ1v) is 12.5. The number of allylic oxidation sites excluding steroid dienone is 1. The van der Waals surface area contributed by atoms with Gasteiger partial charge in [-0.2, -0.15) is 0 Å². The molecule has 5 rings (SSSR count). The molecule has 0 aromatic heterocycles. The van der Waals surface area contributed by atoms with E-state index in [0.29, 0.717) is 17.8 Å². The molecule has 0 aromatic rings. The fourth-order valence-electron chi connectivity index (χ4n) is 8.71. The summed E-state index contributed by atoms with van der Waals surface area (Å²) in [6.45, 7) is 9.54. The number of carbonyl (C=O) groups excluding carboxylic acids is 3. The van der Waals surface area contributed by atoms with Crippen LogP contribution in [-0.2, 0) is 28.6 Å². The maximum Gasteiger partial charge on any atom is 0.331 e. The second-order valence-corrected chi connectivity index (χ2v) is 11.5. The van der Waals surface area contributed by atoms with Crippen LogP contribution in [0.15, 0.2) is 23.3 Å². The molecule has 3 fully saturated rings. The van der Waals surface area contributed by atoms with Gasteiger partial charge in [0.05, 0.1) is 0 Å². The number of rotatable bonds is 2. The lowest BCUT2D eigenvalue weighted by molar-refractivity contribution is -0.186. The van der Waals surface area contributed by atoms with E-state index in [0.717, 1.165) is 50.5 Å². The van der Waals surface area contributed by atoms with Crippen molar-refractivity contribution >= 4 is 17.9 Å². The van der Waals surface area contributed by atoms with Crippen molar-refractivity contribution in [1.82, 2.24) is 0 Å². The topological polar surface area (TPSA) is 78.9 Å². The highest BCUT2D eigenvalue weighted by atomic mass is 16.6. The highest BCUT2D eigenvalue weighted by molar-refractivity contribution is 5.87. The Balaban J connectivity index is 1.49. The second kappa shape index (κ2) is 7.44. The normalized spacial score (nSPS) is 45.8. The Morgan fingerprint density at radius 3 is 2.42 bits per heavy atom. The minimum atomic E-state index is -0.858. The van der Waals surface area contributed by atoms with Gasteiger partial charge >= 0.3 is 17.9 Å². The van der Waals surface area contributed by atoms with Crippen molar-refractivity contribution in [1.29, 1.82) is 0 Å². The summed E-state index contributed by atoms with van der Waals surface area (Å²) in [4.78, 5) is 35.9. The predicted octanol–water partition coefficient (Wildman–Crippen LogP) is 4.66. The Morgan fingerprint density at radius 1 is 1.06 bits per heavy atom. The first-order valence-electron chi connectivity index (χ1n) is 12.5. The SMILES string of the molecule is CC(=O)O[C@H]1CC[C@@]2(C)C(=CCC3C2CC[C@@]2(C)C3C[C@@H](OC(C)=O)[C@@]23OC(=O)C=C3C)C1. The summed E-state index contributed by atoms with van der Waals surface area (Å²) in [5.74, 6) is 0.436. The molecule has 1 heterocycles. The van der Waals surface area contributed by atoms with Crippen molar-refractivity contribution in [3.63, 3.8) is 0 Å². The zero-order chi connectivity index (χ0) is 23.8. The molecule has 4 aliphatic carbocycles. The van der Waals surface area contributed by atoms with Gasteiger partial charge in [-0.1, -0.05) is 25.5 Å². The van der Waals surface area contributed by atoms with Crippen molar-refractivity contribution in [2.24, 2.45) is 28.6 Å². The first-order chi connectivity index (χ1) is 15.5. The molecule has 6 nitrogen and oxygen atoms in total. The molecule has 8 atom stereocenters. The van der Waals surface area contributed by atoms with E-state index in [1.807, 2.05) is 6.92 Å².